The van der Waals surface area contributed by atoms with Crippen LogP contribution in [-0.4, -0.2) is 69.9 Å². The Balaban J connectivity index is 1.48. The number of ether oxygens (including phenoxy) is 3. The van der Waals surface area contributed by atoms with Gasteiger partial charge in [0.1, 0.15) is 29.1 Å². The molecule has 1 saturated heterocycles. The van der Waals surface area contributed by atoms with E-state index in [4.69, 9.17) is 14.2 Å². The SMILES string of the molecule is Cc1cnc(-c2cc(OC[C@@H]3CN(C(=O)OC(C)(C)C)CCO3)cc(C(=O)N[C@@H](C)c3cnc(C(F)(F)F)nc3)c2)s1. The van der Waals surface area contributed by atoms with Gasteiger partial charge in [-0.2, -0.15) is 13.2 Å². The molecule has 4 rings (SSSR count). The predicted molar refractivity (Wildman–Crippen MR) is 148 cm³/mol. The summed E-state index contributed by atoms with van der Waals surface area (Å²) in [4.78, 5) is 39.5. The fourth-order valence-electron chi connectivity index (χ4n) is 4.00. The number of halogens is 3. The summed E-state index contributed by atoms with van der Waals surface area (Å²) in [5.74, 6) is -1.35. The van der Waals surface area contributed by atoms with Gasteiger partial charge >= 0.3 is 12.3 Å². The van der Waals surface area contributed by atoms with E-state index in [1.807, 2.05) is 6.92 Å². The lowest BCUT2D eigenvalue weighted by molar-refractivity contribution is -0.145. The van der Waals surface area contributed by atoms with Gasteiger partial charge < -0.3 is 24.4 Å². The molecule has 10 nitrogen and oxygen atoms in total. The highest BCUT2D eigenvalue weighted by molar-refractivity contribution is 7.14. The first kappa shape index (κ1) is 31.2. The summed E-state index contributed by atoms with van der Waals surface area (Å²) in [6, 6.07) is 4.31. The third kappa shape index (κ3) is 8.38. The number of carbonyl (C=O) groups is 2. The number of aromatic nitrogens is 3. The summed E-state index contributed by atoms with van der Waals surface area (Å²) in [5, 5.41) is 3.45. The maximum atomic E-state index is 13.2. The summed E-state index contributed by atoms with van der Waals surface area (Å²) in [6.45, 7) is 10.0. The zero-order valence-electron chi connectivity index (χ0n) is 23.8. The van der Waals surface area contributed by atoms with Crippen molar-refractivity contribution in [3.05, 3.63) is 58.6 Å². The summed E-state index contributed by atoms with van der Waals surface area (Å²) < 4.78 is 55.8. The number of carbonyl (C=O) groups excluding carboxylic acids is 2. The minimum atomic E-state index is -4.66. The van der Waals surface area contributed by atoms with Gasteiger partial charge in [0, 0.05) is 46.7 Å². The number of alkyl halides is 3. The fourth-order valence-corrected chi connectivity index (χ4v) is 4.75. The van der Waals surface area contributed by atoms with Crippen molar-refractivity contribution >= 4 is 23.3 Å². The van der Waals surface area contributed by atoms with Gasteiger partial charge in [0.25, 0.3) is 5.91 Å². The van der Waals surface area contributed by atoms with Gasteiger partial charge in [-0.05, 0) is 52.8 Å². The van der Waals surface area contributed by atoms with Gasteiger partial charge in [0.15, 0.2) is 0 Å². The number of aryl methyl sites for hydroxylation is 1. The molecule has 226 valence electrons. The highest BCUT2D eigenvalue weighted by atomic mass is 32.1. The van der Waals surface area contributed by atoms with Crippen molar-refractivity contribution in [1.82, 2.24) is 25.2 Å². The first-order valence-corrected chi connectivity index (χ1v) is 14.0. The quantitative estimate of drug-likeness (QED) is 0.378. The van der Waals surface area contributed by atoms with Crippen molar-refractivity contribution in [3.63, 3.8) is 0 Å². The second-order valence-electron chi connectivity index (χ2n) is 10.8. The van der Waals surface area contributed by atoms with E-state index in [9.17, 15) is 22.8 Å². The van der Waals surface area contributed by atoms with Crippen LogP contribution in [0.5, 0.6) is 5.75 Å². The number of amides is 2. The van der Waals surface area contributed by atoms with Gasteiger partial charge in [-0.3, -0.25) is 4.79 Å². The second kappa shape index (κ2) is 12.6. The van der Waals surface area contributed by atoms with Crippen LogP contribution in [0.25, 0.3) is 10.6 Å². The van der Waals surface area contributed by atoms with Crippen LogP contribution >= 0.6 is 11.3 Å². The molecular weight excluding hydrogens is 575 g/mol. The van der Waals surface area contributed by atoms with E-state index in [1.165, 1.54) is 11.3 Å². The summed E-state index contributed by atoms with van der Waals surface area (Å²) in [6.07, 6.45) is -1.71. The predicted octanol–water partition coefficient (Wildman–Crippen LogP) is 5.43. The van der Waals surface area contributed by atoms with Crippen LogP contribution in [0.15, 0.2) is 36.8 Å². The van der Waals surface area contributed by atoms with E-state index in [2.05, 4.69) is 20.3 Å². The zero-order valence-corrected chi connectivity index (χ0v) is 24.6. The van der Waals surface area contributed by atoms with Crippen LogP contribution in [0.3, 0.4) is 0 Å². The minimum absolute atomic E-state index is 0.111. The Morgan fingerprint density at radius 2 is 1.86 bits per heavy atom. The molecule has 3 heterocycles. The molecular formula is C28H32F3N5O5S. The Kier molecular flexibility index (Phi) is 9.36. The first-order chi connectivity index (χ1) is 19.7. The Hall–Kier alpha value is -3.78. The first-order valence-electron chi connectivity index (χ1n) is 13.2. The monoisotopic (exact) mass is 607 g/mol. The Labute approximate surface area is 245 Å². The van der Waals surface area contributed by atoms with Gasteiger partial charge in [-0.1, -0.05) is 0 Å². The van der Waals surface area contributed by atoms with Crippen molar-refractivity contribution in [3.8, 4) is 16.3 Å². The summed E-state index contributed by atoms with van der Waals surface area (Å²) in [7, 11) is 0. The van der Waals surface area contributed by atoms with E-state index in [0.717, 1.165) is 17.3 Å². The molecule has 0 bridgehead atoms. The van der Waals surface area contributed by atoms with E-state index >= 15 is 0 Å². The molecule has 2 amide bonds. The number of benzene rings is 1. The van der Waals surface area contributed by atoms with Crippen molar-refractivity contribution in [2.45, 2.75) is 58.5 Å². The van der Waals surface area contributed by atoms with Crippen LogP contribution in [0, 0.1) is 6.92 Å². The average Bonchev–Trinajstić information content (AvgIpc) is 3.37. The Bertz CT molecular complexity index is 1410. The van der Waals surface area contributed by atoms with Crippen molar-refractivity contribution in [1.29, 1.82) is 0 Å². The van der Waals surface area contributed by atoms with Crippen LogP contribution < -0.4 is 10.1 Å². The highest BCUT2D eigenvalue weighted by Gasteiger charge is 2.34. The molecule has 0 saturated carbocycles. The molecule has 1 aliphatic heterocycles. The lowest BCUT2D eigenvalue weighted by Crippen LogP contribution is -2.49. The van der Waals surface area contributed by atoms with E-state index < -0.39 is 41.7 Å². The molecule has 14 heteroatoms. The molecule has 2 atom stereocenters. The fraction of sp³-hybridized carbons (Fsp3) is 0.464. The number of hydrogen-bond acceptors (Lipinski definition) is 9. The van der Waals surface area contributed by atoms with Crippen molar-refractivity contribution < 1.29 is 37.0 Å². The van der Waals surface area contributed by atoms with E-state index in [0.29, 0.717) is 35.0 Å². The summed E-state index contributed by atoms with van der Waals surface area (Å²) in [5.41, 5.74) is 0.601. The molecule has 0 spiro atoms. The topological polar surface area (TPSA) is 116 Å². The van der Waals surface area contributed by atoms with E-state index in [1.54, 1.807) is 57.0 Å². The van der Waals surface area contributed by atoms with E-state index in [-0.39, 0.29) is 18.7 Å². The average molecular weight is 608 g/mol. The van der Waals surface area contributed by atoms with Gasteiger partial charge in [0.2, 0.25) is 5.82 Å². The number of hydrogen-bond donors (Lipinski definition) is 1. The van der Waals surface area contributed by atoms with Crippen LogP contribution in [0.2, 0.25) is 0 Å². The van der Waals surface area contributed by atoms with Gasteiger partial charge in [0.05, 0.1) is 19.2 Å². The molecule has 42 heavy (non-hydrogen) atoms. The number of nitrogens with one attached hydrogen (secondary N) is 1. The maximum Gasteiger partial charge on any atom is 0.451 e. The van der Waals surface area contributed by atoms with Gasteiger partial charge in [-0.25, -0.2) is 19.7 Å². The summed E-state index contributed by atoms with van der Waals surface area (Å²) >= 11 is 1.45. The zero-order chi connectivity index (χ0) is 30.7. The smallest absolute Gasteiger partial charge is 0.451 e. The number of morpholine rings is 1. The number of nitrogens with zero attached hydrogens (tertiary/aromatic N) is 4. The molecule has 1 fully saturated rings. The number of thiazole rings is 1. The lowest BCUT2D eigenvalue weighted by atomic mass is 10.1. The molecule has 1 aromatic carbocycles. The molecule has 2 aromatic heterocycles. The highest BCUT2D eigenvalue weighted by Crippen LogP contribution is 2.30. The standard InChI is InChI=1S/C28H32F3N5O5S/c1-16-11-32-24(42-16)19-8-18(23(37)35-17(2)20-12-33-25(34-13-20)28(29,30)31)9-21(10-19)40-15-22-14-36(6-7-39-22)26(38)41-27(3,4)5/h8-13,17,22H,6-7,14-15H2,1-5H3,(H,35,37)/t17-,22-/m0/s1. The number of rotatable bonds is 7. The minimum Gasteiger partial charge on any atom is -0.491 e. The Morgan fingerprint density at radius 1 is 1.14 bits per heavy atom. The van der Waals surface area contributed by atoms with Crippen LogP contribution in [0.1, 0.15) is 60.4 Å². The molecule has 3 aromatic rings. The Morgan fingerprint density at radius 3 is 2.48 bits per heavy atom. The second-order valence-corrected chi connectivity index (χ2v) is 12.0. The third-order valence-corrected chi connectivity index (χ3v) is 7.00. The largest absolute Gasteiger partial charge is 0.491 e. The van der Waals surface area contributed by atoms with Crippen LogP contribution in [0.4, 0.5) is 18.0 Å². The van der Waals surface area contributed by atoms with Crippen LogP contribution in [-0.2, 0) is 15.7 Å². The molecule has 1 N–H and O–H groups in total. The van der Waals surface area contributed by atoms with Crippen molar-refractivity contribution in [2.24, 2.45) is 0 Å². The molecule has 0 radical (unpaired) electrons. The molecule has 0 unspecified atom stereocenters. The van der Waals surface area contributed by atoms with Crippen molar-refractivity contribution in [2.75, 3.05) is 26.3 Å². The molecule has 1 aliphatic rings. The lowest BCUT2D eigenvalue weighted by Gasteiger charge is -2.34. The molecule has 0 aliphatic carbocycles. The normalized spacial score (nSPS) is 16.6. The van der Waals surface area contributed by atoms with Gasteiger partial charge in [-0.15, -0.1) is 11.3 Å². The third-order valence-electron chi connectivity index (χ3n) is 6.04. The maximum absolute atomic E-state index is 13.2.